The van der Waals surface area contributed by atoms with Gasteiger partial charge in [0.15, 0.2) is 6.61 Å². The predicted octanol–water partition coefficient (Wildman–Crippen LogP) is 3.81. The molecule has 0 bridgehead atoms. The zero-order valence-corrected chi connectivity index (χ0v) is 20.8. The van der Waals surface area contributed by atoms with Gasteiger partial charge in [-0.2, -0.15) is 4.31 Å². The van der Waals surface area contributed by atoms with E-state index in [2.05, 4.69) is 4.90 Å². The summed E-state index contributed by atoms with van der Waals surface area (Å²) in [5.74, 6) is -0.0372. The summed E-state index contributed by atoms with van der Waals surface area (Å²) in [6.45, 7) is 5.22. The molecule has 4 rings (SSSR count). The van der Waals surface area contributed by atoms with Gasteiger partial charge in [-0.05, 0) is 55.7 Å². The lowest BCUT2D eigenvalue weighted by Crippen LogP contribution is -2.50. The van der Waals surface area contributed by atoms with Crippen LogP contribution in [0.25, 0.3) is 0 Å². The number of piperazine rings is 1. The minimum Gasteiger partial charge on any atom is -0.482 e. The van der Waals surface area contributed by atoms with Crippen molar-refractivity contribution in [2.24, 2.45) is 0 Å². The van der Waals surface area contributed by atoms with E-state index in [1.54, 1.807) is 11.0 Å². The maximum absolute atomic E-state index is 13.1. The summed E-state index contributed by atoms with van der Waals surface area (Å²) in [5, 5.41) is 0.990. The van der Waals surface area contributed by atoms with Crippen molar-refractivity contribution in [1.82, 2.24) is 9.21 Å². The second-order valence-corrected chi connectivity index (χ2v) is 11.1. The number of hydrogen-bond donors (Lipinski definition) is 0. The minimum absolute atomic E-state index is 0.00551. The molecule has 0 unspecified atom stereocenters. The molecule has 10 heteroatoms. The van der Waals surface area contributed by atoms with Crippen LogP contribution in [0.1, 0.15) is 18.4 Å². The average molecular weight is 512 g/mol. The van der Waals surface area contributed by atoms with E-state index in [1.807, 2.05) is 25.1 Å². The average Bonchev–Trinajstić information content (AvgIpc) is 3.36. The number of carbonyl (C=O) groups is 1. The van der Waals surface area contributed by atoms with Gasteiger partial charge in [0, 0.05) is 55.0 Å². The number of ether oxygens (including phenoxy) is 1. The molecule has 33 heavy (non-hydrogen) atoms. The second-order valence-electron chi connectivity index (χ2n) is 8.29. The smallest absolute Gasteiger partial charge is 0.260 e. The molecule has 0 N–H and O–H groups in total. The van der Waals surface area contributed by atoms with Crippen LogP contribution in [0.3, 0.4) is 0 Å². The van der Waals surface area contributed by atoms with Gasteiger partial charge in [0.2, 0.25) is 10.0 Å². The zero-order valence-electron chi connectivity index (χ0n) is 18.5. The van der Waals surface area contributed by atoms with Gasteiger partial charge in [0.1, 0.15) is 10.6 Å². The Hall–Kier alpha value is -2.00. The maximum atomic E-state index is 13.1. The largest absolute Gasteiger partial charge is 0.482 e. The van der Waals surface area contributed by atoms with E-state index >= 15 is 0 Å². The molecule has 0 aliphatic carbocycles. The molecular formula is C23H27Cl2N3O4S. The molecule has 2 saturated heterocycles. The number of anilines is 1. The molecule has 2 aromatic carbocycles. The van der Waals surface area contributed by atoms with Crippen LogP contribution in [-0.2, 0) is 14.8 Å². The Balaban J connectivity index is 1.39. The van der Waals surface area contributed by atoms with Gasteiger partial charge in [-0.1, -0.05) is 29.3 Å². The van der Waals surface area contributed by atoms with Crippen molar-refractivity contribution in [3.05, 3.63) is 52.0 Å². The molecule has 0 atom stereocenters. The van der Waals surface area contributed by atoms with Crippen LogP contribution in [0, 0.1) is 6.92 Å². The normalized spacial score (nSPS) is 17.4. The van der Waals surface area contributed by atoms with Crippen LogP contribution in [0.5, 0.6) is 5.75 Å². The SMILES string of the molecule is Cc1ccc(Cl)cc1N1CCN(C(=O)COc2ccc(Cl)cc2S(=O)(=O)N2CCCC2)CC1. The first kappa shape index (κ1) is 24.1. The van der Waals surface area contributed by atoms with Gasteiger partial charge in [0.05, 0.1) is 0 Å². The first-order chi connectivity index (χ1) is 15.8. The third kappa shape index (κ3) is 5.40. The Morgan fingerprint density at radius 3 is 2.27 bits per heavy atom. The van der Waals surface area contributed by atoms with E-state index in [1.165, 1.54) is 16.4 Å². The third-order valence-electron chi connectivity index (χ3n) is 6.08. The lowest BCUT2D eigenvalue weighted by atomic mass is 10.1. The molecular weight excluding hydrogens is 485 g/mol. The van der Waals surface area contributed by atoms with E-state index in [9.17, 15) is 13.2 Å². The van der Waals surface area contributed by atoms with E-state index in [0.717, 1.165) is 24.1 Å². The van der Waals surface area contributed by atoms with Crippen molar-refractivity contribution in [1.29, 1.82) is 0 Å². The molecule has 1 amide bonds. The lowest BCUT2D eigenvalue weighted by Gasteiger charge is -2.36. The minimum atomic E-state index is -3.73. The number of amides is 1. The second kappa shape index (κ2) is 10.1. The van der Waals surface area contributed by atoms with Gasteiger partial charge < -0.3 is 14.5 Å². The van der Waals surface area contributed by atoms with Crippen molar-refractivity contribution >= 4 is 44.8 Å². The summed E-state index contributed by atoms with van der Waals surface area (Å²) < 4.78 is 33.3. The van der Waals surface area contributed by atoms with Crippen LogP contribution in [-0.4, -0.2) is 69.4 Å². The summed E-state index contributed by atoms with van der Waals surface area (Å²) >= 11 is 12.2. The molecule has 0 spiro atoms. The van der Waals surface area contributed by atoms with Crippen LogP contribution in [0.4, 0.5) is 5.69 Å². The fraction of sp³-hybridized carbons (Fsp3) is 0.435. The standard InChI is InChI=1S/C23H27Cl2N3O4S/c1-17-4-5-18(24)14-20(17)26-10-12-27(13-11-26)23(29)16-32-21-7-6-19(25)15-22(21)33(30,31)28-8-2-3-9-28/h4-7,14-15H,2-3,8-13,16H2,1H3. The molecule has 7 nitrogen and oxygen atoms in total. The van der Waals surface area contributed by atoms with Gasteiger partial charge in [-0.25, -0.2) is 8.42 Å². The number of sulfonamides is 1. The van der Waals surface area contributed by atoms with Crippen LogP contribution < -0.4 is 9.64 Å². The Kier molecular flexibility index (Phi) is 7.38. The fourth-order valence-electron chi connectivity index (χ4n) is 4.22. The summed E-state index contributed by atoms with van der Waals surface area (Å²) in [6, 6.07) is 10.3. The first-order valence-corrected chi connectivity index (χ1v) is 13.2. The van der Waals surface area contributed by atoms with Crippen molar-refractivity contribution < 1.29 is 17.9 Å². The van der Waals surface area contributed by atoms with E-state index < -0.39 is 10.0 Å². The fourth-order valence-corrected chi connectivity index (χ4v) is 6.30. The van der Waals surface area contributed by atoms with Crippen molar-refractivity contribution in [2.45, 2.75) is 24.7 Å². The number of carbonyl (C=O) groups excluding carboxylic acids is 1. The number of halogens is 2. The number of nitrogens with zero attached hydrogens (tertiary/aromatic N) is 3. The zero-order chi connectivity index (χ0) is 23.6. The molecule has 0 saturated carbocycles. The molecule has 0 radical (unpaired) electrons. The van der Waals surface area contributed by atoms with Gasteiger partial charge in [-0.15, -0.1) is 0 Å². The predicted molar refractivity (Wildman–Crippen MR) is 130 cm³/mol. The highest BCUT2D eigenvalue weighted by Gasteiger charge is 2.31. The van der Waals surface area contributed by atoms with Crippen LogP contribution >= 0.6 is 23.2 Å². The number of hydrogen-bond acceptors (Lipinski definition) is 5. The Labute approximate surface area is 204 Å². The molecule has 0 aromatic heterocycles. The highest BCUT2D eigenvalue weighted by Crippen LogP contribution is 2.31. The highest BCUT2D eigenvalue weighted by molar-refractivity contribution is 7.89. The van der Waals surface area contributed by atoms with E-state index in [0.29, 0.717) is 49.3 Å². The summed E-state index contributed by atoms with van der Waals surface area (Å²) in [7, 11) is -3.73. The van der Waals surface area contributed by atoms with Gasteiger partial charge >= 0.3 is 0 Å². The monoisotopic (exact) mass is 511 g/mol. The molecule has 178 valence electrons. The van der Waals surface area contributed by atoms with Gasteiger partial charge in [0.25, 0.3) is 5.91 Å². The summed E-state index contributed by atoms with van der Waals surface area (Å²) in [6.07, 6.45) is 1.66. The molecule has 2 aromatic rings. The highest BCUT2D eigenvalue weighted by atomic mass is 35.5. The molecule has 2 heterocycles. The van der Waals surface area contributed by atoms with Crippen molar-refractivity contribution in [3.63, 3.8) is 0 Å². The lowest BCUT2D eigenvalue weighted by molar-refractivity contribution is -0.133. The molecule has 2 aliphatic rings. The third-order valence-corrected chi connectivity index (χ3v) is 8.47. The topological polar surface area (TPSA) is 70.2 Å². The van der Waals surface area contributed by atoms with Crippen LogP contribution in [0.2, 0.25) is 10.0 Å². The molecule has 2 aliphatic heterocycles. The Bertz CT molecular complexity index is 1130. The Morgan fingerprint density at radius 2 is 1.58 bits per heavy atom. The maximum Gasteiger partial charge on any atom is 0.260 e. The first-order valence-electron chi connectivity index (χ1n) is 11.0. The number of aryl methyl sites for hydroxylation is 1. The van der Waals surface area contributed by atoms with E-state index in [-0.39, 0.29) is 23.2 Å². The Morgan fingerprint density at radius 1 is 0.939 bits per heavy atom. The van der Waals surface area contributed by atoms with E-state index in [4.69, 9.17) is 27.9 Å². The van der Waals surface area contributed by atoms with Crippen LogP contribution in [0.15, 0.2) is 41.3 Å². The van der Waals surface area contributed by atoms with Crippen molar-refractivity contribution in [3.8, 4) is 5.75 Å². The van der Waals surface area contributed by atoms with Gasteiger partial charge in [-0.3, -0.25) is 4.79 Å². The van der Waals surface area contributed by atoms with Crippen molar-refractivity contribution in [2.75, 3.05) is 50.8 Å². The number of rotatable bonds is 6. The summed E-state index contributed by atoms with van der Waals surface area (Å²) in [5.41, 5.74) is 2.21. The number of benzene rings is 2. The quantitative estimate of drug-likeness (QED) is 0.589. The summed E-state index contributed by atoms with van der Waals surface area (Å²) in [4.78, 5) is 16.8. The molecule has 2 fully saturated rings.